The quantitative estimate of drug-likeness (QED) is 0.933. The second-order valence-corrected chi connectivity index (χ2v) is 6.09. The Labute approximate surface area is 140 Å². The fourth-order valence-electron chi connectivity index (χ4n) is 2.92. The third kappa shape index (κ3) is 3.66. The van der Waals surface area contributed by atoms with E-state index in [4.69, 9.17) is 4.42 Å². The van der Waals surface area contributed by atoms with Crippen molar-refractivity contribution in [3.63, 3.8) is 0 Å². The minimum Gasteiger partial charge on any atom is -0.451 e. The summed E-state index contributed by atoms with van der Waals surface area (Å²) in [5.74, 6) is 0.00768. The molecule has 6 heteroatoms. The number of amides is 1. The molecule has 1 aliphatic heterocycles. The van der Waals surface area contributed by atoms with Gasteiger partial charge in [0.1, 0.15) is 11.6 Å². The van der Waals surface area contributed by atoms with Crippen LogP contribution < -0.4 is 0 Å². The molecular weight excluding hydrogens is 311 g/mol. The molecule has 128 valence electrons. The highest BCUT2D eigenvalue weighted by Crippen LogP contribution is 2.25. The Balaban J connectivity index is 1.66. The minimum atomic E-state index is -0.377. The fourth-order valence-corrected chi connectivity index (χ4v) is 2.92. The maximum atomic E-state index is 13.8. The molecule has 0 aliphatic carbocycles. The number of aliphatic hydroxyl groups is 1. The molecule has 5 nitrogen and oxygen atoms in total. The standard InChI is InChI=1S/C18H21FN2O3/c1-13(22)12-20-8-10-21(11-9-20)18(23)17-7-6-16(24-17)14-4-2-3-5-15(14)19/h2-7,13,22H,8-12H2,1H3/t13-/m0/s1. The summed E-state index contributed by atoms with van der Waals surface area (Å²) in [7, 11) is 0. The number of furan rings is 1. The Morgan fingerprint density at radius 2 is 1.92 bits per heavy atom. The molecule has 0 saturated carbocycles. The van der Waals surface area contributed by atoms with Crippen molar-refractivity contribution in [2.75, 3.05) is 32.7 Å². The lowest BCUT2D eigenvalue weighted by atomic mass is 10.1. The first-order chi connectivity index (χ1) is 11.5. The summed E-state index contributed by atoms with van der Waals surface area (Å²) in [5, 5.41) is 9.42. The van der Waals surface area contributed by atoms with Crippen molar-refractivity contribution in [2.45, 2.75) is 13.0 Å². The van der Waals surface area contributed by atoms with Gasteiger partial charge in [-0.05, 0) is 31.2 Å². The molecule has 1 saturated heterocycles. The number of carbonyl (C=O) groups excluding carboxylic acids is 1. The van der Waals surface area contributed by atoms with Gasteiger partial charge in [-0.2, -0.15) is 0 Å². The summed E-state index contributed by atoms with van der Waals surface area (Å²) in [4.78, 5) is 16.4. The van der Waals surface area contributed by atoms with Crippen LogP contribution in [0, 0.1) is 5.82 Å². The van der Waals surface area contributed by atoms with Crippen molar-refractivity contribution in [1.29, 1.82) is 0 Å². The highest BCUT2D eigenvalue weighted by atomic mass is 19.1. The molecule has 1 aromatic carbocycles. The Hall–Kier alpha value is -2.18. The number of hydrogen-bond donors (Lipinski definition) is 1. The van der Waals surface area contributed by atoms with Gasteiger partial charge in [0.25, 0.3) is 5.91 Å². The number of piperazine rings is 1. The first-order valence-corrected chi connectivity index (χ1v) is 8.09. The van der Waals surface area contributed by atoms with E-state index in [1.165, 1.54) is 6.07 Å². The van der Waals surface area contributed by atoms with Gasteiger partial charge in [0.05, 0.1) is 11.7 Å². The summed E-state index contributed by atoms with van der Waals surface area (Å²) in [6, 6.07) is 9.53. The lowest BCUT2D eigenvalue weighted by Crippen LogP contribution is -2.50. The zero-order valence-corrected chi connectivity index (χ0v) is 13.6. The van der Waals surface area contributed by atoms with Crippen LogP contribution in [0.2, 0.25) is 0 Å². The predicted octanol–water partition coefficient (Wildman–Crippen LogP) is 2.22. The molecule has 1 aromatic heterocycles. The van der Waals surface area contributed by atoms with Crippen LogP contribution in [0.1, 0.15) is 17.5 Å². The molecule has 2 heterocycles. The first kappa shape index (κ1) is 16.7. The molecule has 1 N–H and O–H groups in total. The summed E-state index contributed by atoms with van der Waals surface area (Å²) >= 11 is 0. The predicted molar refractivity (Wildman–Crippen MR) is 88.1 cm³/mol. The van der Waals surface area contributed by atoms with Crippen molar-refractivity contribution >= 4 is 5.91 Å². The Bertz CT molecular complexity index is 706. The smallest absolute Gasteiger partial charge is 0.289 e. The molecule has 0 spiro atoms. The van der Waals surface area contributed by atoms with Gasteiger partial charge in [0, 0.05) is 32.7 Å². The average molecular weight is 332 g/mol. The van der Waals surface area contributed by atoms with Gasteiger partial charge in [-0.1, -0.05) is 12.1 Å². The lowest BCUT2D eigenvalue weighted by molar-refractivity contribution is 0.0529. The fraction of sp³-hybridized carbons (Fsp3) is 0.389. The molecule has 1 amide bonds. The Kier molecular flexibility index (Phi) is 4.97. The topological polar surface area (TPSA) is 56.9 Å². The van der Waals surface area contributed by atoms with E-state index >= 15 is 0 Å². The molecular formula is C18H21FN2O3. The second kappa shape index (κ2) is 7.15. The summed E-state index contributed by atoms with van der Waals surface area (Å²) < 4.78 is 19.4. The van der Waals surface area contributed by atoms with Crippen molar-refractivity contribution in [2.24, 2.45) is 0 Å². The van der Waals surface area contributed by atoms with E-state index in [1.807, 2.05) is 0 Å². The molecule has 24 heavy (non-hydrogen) atoms. The number of halogens is 1. The van der Waals surface area contributed by atoms with Gasteiger partial charge < -0.3 is 14.4 Å². The molecule has 1 fully saturated rings. The Morgan fingerprint density at radius 3 is 2.58 bits per heavy atom. The van der Waals surface area contributed by atoms with Crippen LogP contribution in [0.4, 0.5) is 4.39 Å². The van der Waals surface area contributed by atoms with Crippen molar-refractivity contribution in [3.05, 3.63) is 48.0 Å². The van der Waals surface area contributed by atoms with Crippen LogP contribution in [0.3, 0.4) is 0 Å². The maximum Gasteiger partial charge on any atom is 0.289 e. The van der Waals surface area contributed by atoms with E-state index in [0.717, 1.165) is 13.1 Å². The van der Waals surface area contributed by atoms with Gasteiger partial charge in [0.15, 0.2) is 5.76 Å². The highest BCUT2D eigenvalue weighted by Gasteiger charge is 2.25. The average Bonchev–Trinajstić information content (AvgIpc) is 3.04. The third-order valence-corrected chi connectivity index (χ3v) is 4.14. The maximum absolute atomic E-state index is 13.8. The molecule has 0 radical (unpaired) electrons. The number of aliphatic hydroxyl groups excluding tert-OH is 1. The zero-order chi connectivity index (χ0) is 17.1. The van der Waals surface area contributed by atoms with Gasteiger partial charge in [0.2, 0.25) is 0 Å². The molecule has 2 aromatic rings. The van der Waals surface area contributed by atoms with Crippen LogP contribution in [0.25, 0.3) is 11.3 Å². The normalized spacial score (nSPS) is 17.0. The summed E-state index contributed by atoms with van der Waals surface area (Å²) in [6.07, 6.45) is -0.374. The van der Waals surface area contributed by atoms with Crippen LogP contribution in [0.15, 0.2) is 40.8 Å². The van der Waals surface area contributed by atoms with Gasteiger partial charge >= 0.3 is 0 Å². The molecule has 0 unspecified atom stereocenters. The van der Waals surface area contributed by atoms with Crippen LogP contribution in [-0.2, 0) is 0 Å². The largest absolute Gasteiger partial charge is 0.451 e. The summed E-state index contributed by atoms with van der Waals surface area (Å²) in [5.41, 5.74) is 0.346. The number of hydrogen-bond acceptors (Lipinski definition) is 4. The number of nitrogens with zero attached hydrogens (tertiary/aromatic N) is 2. The molecule has 1 aliphatic rings. The minimum absolute atomic E-state index is 0.186. The summed E-state index contributed by atoms with van der Waals surface area (Å²) in [6.45, 7) is 4.97. The van der Waals surface area contributed by atoms with Crippen LogP contribution in [-0.4, -0.2) is 59.6 Å². The third-order valence-electron chi connectivity index (χ3n) is 4.14. The van der Waals surface area contributed by atoms with Gasteiger partial charge in [-0.3, -0.25) is 9.69 Å². The molecule has 1 atom stereocenters. The first-order valence-electron chi connectivity index (χ1n) is 8.09. The van der Waals surface area contributed by atoms with Crippen molar-refractivity contribution in [3.8, 4) is 11.3 Å². The van der Waals surface area contributed by atoms with Gasteiger partial charge in [-0.15, -0.1) is 0 Å². The number of rotatable bonds is 4. The molecule has 0 bridgehead atoms. The van der Waals surface area contributed by atoms with E-state index in [2.05, 4.69) is 4.90 Å². The van der Waals surface area contributed by atoms with E-state index in [1.54, 1.807) is 42.2 Å². The zero-order valence-electron chi connectivity index (χ0n) is 13.6. The lowest BCUT2D eigenvalue weighted by Gasteiger charge is -2.34. The van der Waals surface area contributed by atoms with E-state index < -0.39 is 0 Å². The van der Waals surface area contributed by atoms with Crippen LogP contribution >= 0.6 is 0 Å². The molecule has 3 rings (SSSR count). The van der Waals surface area contributed by atoms with Crippen molar-refractivity contribution < 1.29 is 18.7 Å². The number of carbonyl (C=O) groups is 1. The number of benzene rings is 1. The van der Waals surface area contributed by atoms with E-state index in [-0.39, 0.29) is 23.6 Å². The van der Waals surface area contributed by atoms with E-state index in [9.17, 15) is 14.3 Å². The Morgan fingerprint density at radius 1 is 1.21 bits per heavy atom. The monoisotopic (exact) mass is 332 g/mol. The van der Waals surface area contributed by atoms with Gasteiger partial charge in [-0.25, -0.2) is 4.39 Å². The van der Waals surface area contributed by atoms with Crippen LogP contribution in [0.5, 0.6) is 0 Å². The van der Waals surface area contributed by atoms with Crippen molar-refractivity contribution in [1.82, 2.24) is 9.80 Å². The highest BCUT2D eigenvalue weighted by molar-refractivity contribution is 5.92. The van der Waals surface area contributed by atoms with E-state index in [0.29, 0.717) is 31.0 Å². The SMILES string of the molecule is C[C@H](O)CN1CCN(C(=O)c2ccc(-c3ccccc3F)o2)CC1. The number of β-amino-alcohol motifs (C(OH)–C–C–N with tert-alkyl or cyclic N) is 1. The second-order valence-electron chi connectivity index (χ2n) is 6.09.